The third-order valence-electron chi connectivity index (χ3n) is 5.19. The first-order valence-electron chi connectivity index (χ1n) is 8.06. The molecule has 2 atom stereocenters. The number of thiophene rings is 1. The maximum Gasteiger partial charge on any atom is 0.0984 e. The molecule has 3 rings (SSSR count). The van der Waals surface area contributed by atoms with E-state index in [-0.39, 0.29) is 5.54 Å². The third-order valence-corrected chi connectivity index (χ3v) is 6.17. The number of hydrogen-bond acceptors (Lipinski definition) is 3. The number of nitrogens with zero attached hydrogens (tertiary/aromatic N) is 1. The maximum atomic E-state index is 11.2. The molecule has 2 unspecified atom stereocenters. The summed E-state index contributed by atoms with van der Waals surface area (Å²) in [4.78, 5) is 2.51. The van der Waals surface area contributed by atoms with Gasteiger partial charge in [-0.15, -0.1) is 11.3 Å². The Bertz CT molecular complexity index is 602. The quantitative estimate of drug-likeness (QED) is 0.893. The minimum atomic E-state index is -0.428. The molecule has 1 fully saturated rings. The predicted octanol–water partition coefficient (Wildman–Crippen LogP) is 4.59. The number of fused-ring (bicyclic) bond motifs is 1. The summed E-state index contributed by atoms with van der Waals surface area (Å²) in [6.07, 6.45) is 4.38. The van der Waals surface area contributed by atoms with Crippen LogP contribution >= 0.6 is 11.3 Å². The fourth-order valence-electron chi connectivity index (χ4n) is 3.56. The number of aliphatic hydroxyl groups is 1. The summed E-state index contributed by atoms with van der Waals surface area (Å²) in [5.41, 5.74) is 0.927. The van der Waals surface area contributed by atoms with E-state index in [0.29, 0.717) is 0 Å². The Balaban J connectivity index is 1.97. The van der Waals surface area contributed by atoms with E-state index in [2.05, 4.69) is 48.4 Å². The standard InChI is InChI=1S/C18H25NOS/c1-3-18(2,19-11-5-4-6-12-19)17(20)15-9-7-8-14-10-13-21-16(14)15/h7-10,13,17,20H,3-6,11-12H2,1-2H3. The van der Waals surface area contributed by atoms with Crippen molar-refractivity contribution in [2.45, 2.75) is 51.2 Å². The molecule has 21 heavy (non-hydrogen) atoms. The lowest BCUT2D eigenvalue weighted by Crippen LogP contribution is -2.52. The average Bonchev–Trinajstić information content (AvgIpc) is 3.02. The summed E-state index contributed by atoms with van der Waals surface area (Å²) in [5.74, 6) is 0. The van der Waals surface area contributed by atoms with Crippen LogP contribution in [0.1, 0.15) is 51.2 Å². The number of piperidine rings is 1. The largest absolute Gasteiger partial charge is 0.386 e. The Morgan fingerprint density at radius 3 is 2.71 bits per heavy atom. The molecule has 2 aromatic rings. The average molecular weight is 303 g/mol. The van der Waals surface area contributed by atoms with Crippen molar-refractivity contribution in [2.75, 3.05) is 13.1 Å². The van der Waals surface area contributed by atoms with Gasteiger partial charge in [-0.1, -0.05) is 31.5 Å². The topological polar surface area (TPSA) is 23.5 Å². The molecule has 114 valence electrons. The molecule has 1 aliphatic rings. The first kappa shape index (κ1) is 15.0. The second-order valence-electron chi connectivity index (χ2n) is 6.35. The lowest BCUT2D eigenvalue weighted by Gasteiger charge is -2.46. The van der Waals surface area contributed by atoms with E-state index in [4.69, 9.17) is 0 Å². The maximum absolute atomic E-state index is 11.2. The van der Waals surface area contributed by atoms with Crippen LogP contribution in [-0.4, -0.2) is 28.6 Å². The van der Waals surface area contributed by atoms with Gasteiger partial charge in [-0.3, -0.25) is 4.90 Å². The molecule has 0 radical (unpaired) electrons. The number of rotatable bonds is 4. The van der Waals surface area contributed by atoms with Gasteiger partial charge in [-0.25, -0.2) is 0 Å². The fourth-order valence-corrected chi connectivity index (χ4v) is 4.50. The van der Waals surface area contributed by atoms with Crippen molar-refractivity contribution in [3.8, 4) is 0 Å². The number of benzene rings is 1. The zero-order valence-corrected chi connectivity index (χ0v) is 13.8. The van der Waals surface area contributed by atoms with Crippen molar-refractivity contribution in [3.63, 3.8) is 0 Å². The molecule has 0 aliphatic carbocycles. The third kappa shape index (κ3) is 2.63. The number of hydrogen-bond donors (Lipinski definition) is 1. The van der Waals surface area contributed by atoms with Gasteiger partial charge in [0.25, 0.3) is 0 Å². The summed E-state index contributed by atoms with van der Waals surface area (Å²) in [6.45, 7) is 6.66. The SMILES string of the molecule is CCC(C)(C(O)c1cccc2ccsc12)N1CCCCC1. The molecular formula is C18H25NOS. The summed E-state index contributed by atoms with van der Waals surface area (Å²) < 4.78 is 1.24. The summed E-state index contributed by atoms with van der Waals surface area (Å²) >= 11 is 1.74. The van der Waals surface area contributed by atoms with E-state index in [0.717, 1.165) is 25.1 Å². The summed E-state index contributed by atoms with van der Waals surface area (Å²) in [7, 11) is 0. The van der Waals surface area contributed by atoms with Gasteiger partial charge in [-0.05, 0) is 56.1 Å². The molecule has 0 bridgehead atoms. The van der Waals surface area contributed by atoms with E-state index < -0.39 is 6.10 Å². The minimum Gasteiger partial charge on any atom is -0.386 e. The van der Waals surface area contributed by atoms with Gasteiger partial charge in [0, 0.05) is 15.8 Å². The van der Waals surface area contributed by atoms with E-state index >= 15 is 0 Å². The molecule has 1 saturated heterocycles. The van der Waals surface area contributed by atoms with Crippen LogP contribution in [0.5, 0.6) is 0 Å². The minimum absolute atomic E-state index is 0.168. The molecule has 0 spiro atoms. The van der Waals surface area contributed by atoms with Crippen molar-refractivity contribution in [3.05, 3.63) is 35.2 Å². The molecule has 3 heteroatoms. The van der Waals surface area contributed by atoms with E-state index in [1.54, 1.807) is 11.3 Å². The fraction of sp³-hybridized carbons (Fsp3) is 0.556. The van der Waals surface area contributed by atoms with Gasteiger partial charge in [0.2, 0.25) is 0 Å². The number of aliphatic hydroxyl groups excluding tert-OH is 1. The molecule has 0 saturated carbocycles. The first-order chi connectivity index (χ1) is 10.2. The van der Waals surface area contributed by atoms with E-state index in [1.807, 2.05) is 0 Å². The first-order valence-corrected chi connectivity index (χ1v) is 8.94. The zero-order valence-electron chi connectivity index (χ0n) is 13.0. The molecule has 2 heterocycles. The Hall–Kier alpha value is -0.900. The van der Waals surface area contributed by atoms with Gasteiger partial charge < -0.3 is 5.11 Å². The van der Waals surface area contributed by atoms with Crippen molar-refractivity contribution in [1.29, 1.82) is 0 Å². The Morgan fingerprint density at radius 1 is 1.24 bits per heavy atom. The van der Waals surface area contributed by atoms with Crippen LogP contribution in [0, 0.1) is 0 Å². The van der Waals surface area contributed by atoms with Crippen molar-refractivity contribution in [2.24, 2.45) is 0 Å². The van der Waals surface area contributed by atoms with Crippen LogP contribution < -0.4 is 0 Å². The number of likely N-dealkylation sites (tertiary alicyclic amines) is 1. The van der Waals surface area contributed by atoms with Gasteiger partial charge >= 0.3 is 0 Å². The lowest BCUT2D eigenvalue weighted by molar-refractivity contribution is -0.0344. The highest BCUT2D eigenvalue weighted by atomic mass is 32.1. The van der Waals surface area contributed by atoms with Crippen LogP contribution in [0.25, 0.3) is 10.1 Å². The Morgan fingerprint density at radius 2 is 2.00 bits per heavy atom. The second-order valence-corrected chi connectivity index (χ2v) is 7.26. The Kier molecular flexibility index (Phi) is 4.34. The smallest absolute Gasteiger partial charge is 0.0984 e. The molecule has 0 amide bonds. The molecule has 2 nitrogen and oxygen atoms in total. The van der Waals surface area contributed by atoms with E-state index in [1.165, 1.54) is 29.3 Å². The molecule has 1 aromatic carbocycles. The lowest BCUT2D eigenvalue weighted by atomic mass is 9.83. The highest BCUT2D eigenvalue weighted by Crippen LogP contribution is 2.39. The van der Waals surface area contributed by atoms with E-state index in [9.17, 15) is 5.11 Å². The van der Waals surface area contributed by atoms with Gasteiger partial charge in [0.1, 0.15) is 0 Å². The highest BCUT2D eigenvalue weighted by molar-refractivity contribution is 7.17. The van der Waals surface area contributed by atoms with Crippen molar-refractivity contribution < 1.29 is 5.11 Å². The summed E-state index contributed by atoms with van der Waals surface area (Å²) in [6, 6.07) is 8.44. The monoisotopic (exact) mass is 303 g/mol. The van der Waals surface area contributed by atoms with Crippen molar-refractivity contribution >= 4 is 21.4 Å². The molecule has 1 aliphatic heterocycles. The summed E-state index contributed by atoms with van der Waals surface area (Å²) in [5, 5.41) is 14.5. The molecule has 1 aromatic heterocycles. The second kappa shape index (κ2) is 6.07. The predicted molar refractivity (Wildman–Crippen MR) is 90.9 cm³/mol. The van der Waals surface area contributed by atoms with Gasteiger partial charge in [-0.2, -0.15) is 0 Å². The van der Waals surface area contributed by atoms with Gasteiger partial charge in [0.15, 0.2) is 0 Å². The molecule has 1 N–H and O–H groups in total. The van der Waals surface area contributed by atoms with Gasteiger partial charge in [0.05, 0.1) is 6.10 Å². The van der Waals surface area contributed by atoms with Crippen LogP contribution in [-0.2, 0) is 0 Å². The van der Waals surface area contributed by atoms with Crippen LogP contribution in [0.15, 0.2) is 29.6 Å². The highest BCUT2D eigenvalue weighted by Gasteiger charge is 2.39. The van der Waals surface area contributed by atoms with Crippen molar-refractivity contribution in [1.82, 2.24) is 4.90 Å². The normalized spacial score (nSPS) is 21.3. The van der Waals surface area contributed by atoms with Crippen LogP contribution in [0.3, 0.4) is 0 Å². The Labute approximate surface area is 131 Å². The van der Waals surface area contributed by atoms with Crippen LogP contribution in [0.4, 0.5) is 0 Å². The zero-order chi connectivity index (χ0) is 14.9. The van der Waals surface area contributed by atoms with Crippen LogP contribution in [0.2, 0.25) is 0 Å². The molecular weight excluding hydrogens is 278 g/mol.